The normalized spacial score (nSPS) is 11.7. The van der Waals surface area contributed by atoms with Crippen LogP contribution < -0.4 is 11.2 Å². The first-order valence-electron chi connectivity index (χ1n) is 5.24. The molecule has 0 radical (unpaired) electrons. The van der Waals surface area contributed by atoms with Crippen molar-refractivity contribution in [3.8, 4) is 11.6 Å². The summed E-state index contributed by atoms with van der Waals surface area (Å²) in [5, 5.41) is 9.45. The monoisotopic (exact) mass is 368 g/mol. The number of rotatable bonds is 1. The van der Waals surface area contributed by atoms with Gasteiger partial charge in [0.15, 0.2) is 0 Å². The highest BCUT2D eigenvalue weighted by molar-refractivity contribution is 9.10. The Hall–Kier alpha value is -2.10. The molecular weight excluding hydrogens is 364 g/mol. The van der Waals surface area contributed by atoms with Crippen LogP contribution >= 0.6 is 15.9 Å². The zero-order valence-electron chi connectivity index (χ0n) is 9.83. The van der Waals surface area contributed by atoms with Gasteiger partial charge >= 0.3 is 11.9 Å². The molecule has 1 aromatic heterocycles. The van der Waals surface area contributed by atoms with Crippen molar-refractivity contribution in [3.05, 3.63) is 54.9 Å². The third-order valence-electron chi connectivity index (χ3n) is 2.54. The van der Waals surface area contributed by atoms with Crippen LogP contribution in [0.4, 0.5) is 17.6 Å². The molecule has 112 valence electrons. The summed E-state index contributed by atoms with van der Waals surface area (Å²) in [6.45, 7) is 0. The average Bonchev–Trinajstić information content (AvgIpc) is 2.36. The van der Waals surface area contributed by atoms with Crippen LogP contribution in [0.25, 0.3) is 5.69 Å². The fourth-order valence-electron chi connectivity index (χ4n) is 1.61. The number of H-pyrrole nitrogens is 1. The second kappa shape index (κ2) is 5.02. The summed E-state index contributed by atoms with van der Waals surface area (Å²) >= 11 is 2.70. The Balaban J connectivity index is 2.78. The Labute approximate surface area is 121 Å². The summed E-state index contributed by atoms with van der Waals surface area (Å²) in [6, 6.07) is 2.55. The summed E-state index contributed by atoms with van der Waals surface area (Å²) in [7, 11) is 0. The van der Waals surface area contributed by atoms with E-state index in [1.165, 1.54) is 0 Å². The van der Waals surface area contributed by atoms with Crippen molar-refractivity contribution >= 4 is 15.9 Å². The lowest BCUT2D eigenvalue weighted by Gasteiger charge is -2.13. The van der Waals surface area contributed by atoms with E-state index in [-0.39, 0.29) is 9.04 Å². The average molecular weight is 369 g/mol. The minimum atomic E-state index is -4.73. The molecule has 0 spiro atoms. The van der Waals surface area contributed by atoms with Crippen LogP contribution in [0.2, 0.25) is 0 Å². The van der Waals surface area contributed by atoms with Crippen molar-refractivity contribution < 1.29 is 22.7 Å². The van der Waals surface area contributed by atoms with Crippen LogP contribution in [-0.4, -0.2) is 14.7 Å². The number of halogens is 5. The Morgan fingerprint density at radius 3 is 2.43 bits per heavy atom. The third-order valence-corrected chi connectivity index (χ3v) is 3.24. The predicted octanol–water partition coefficient (Wildman–Crippen LogP) is 2.15. The Morgan fingerprint density at radius 1 is 1.24 bits per heavy atom. The molecule has 0 aliphatic heterocycles. The van der Waals surface area contributed by atoms with Crippen LogP contribution in [0.1, 0.15) is 5.56 Å². The Morgan fingerprint density at radius 2 is 1.86 bits per heavy atom. The van der Waals surface area contributed by atoms with Gasteiger partial charge in [-0.15, -0.1) is 0 Å². The standard InChI is InChI=1S/C11H5BrF4N2O3/c12-6-2-1-4(3-5(6)11(14,15)16)18-9(20)7(13)8(19)17-10(18)21/h1-3,20H,(H,17,19,21). The molecular formula is C11H5BrF4N2O3. The summed E-state index contributed by atoms with van der Waals surface area (Å²) in [6.07, 6.45) is -4.73. The van der Waals surface area contributed by atoms with Crippen molar-refractivity contribution in [1.29, 1.82) is 0 Å². The van der Waals surface area contributed by atoms with E-state index < -0.39 is 40.4 Å². The van der Waals surface area contributed by atoms with Gasteiger partial charge in [-0.3, -0.25) is 9.78 Å². The highest BCUT2D eigenvalue weighted by Gasteiger charge is 2.33. The van der Waals surface area contributed by atoms with E-state index in [2.05, 4.69) is 15.9 Å². The Kier molecular flexibility index (Phi) is 3.66. The van der Waals surface area contributed by atoms with Crippen molar-refractivity contribution in [3.63, 3.8) is 0 Å². The highest BCUT2D eigenvalue weighted by Crippen LogP contribution is 2.36. The van der Waals surface area contributed by atoms with E-state index >= 15 is 0 Å². The maximum atomic E-state index is 13.3. The predicted molar refractivity (Wildman–Crippen MR) is 67.0 cm³/mol. The molecule has 0 bridgehead atoms. The molecule has 0 amide bonds. The second-order valence-corrected chi connectivity index (χ2v) is 4.75. The zero-order valence-corrected chi connectivity index (χ0v) is 11.4. The van der Waals surface area contributed by atoms with Gasteiger partial charge in [0.2, 0.25) is 11.7 Å². The third kappa shape index (κ3) is 2.71. The van der Waals surface area contributed by atoms with Gasteiger partial charge in [-0.1, -0.05) is 15.9 Å². The van der Waals surface area contributed by atoms with Crippen molar-refractivity contribution in [1.82, 2.24) is 9.55 Å². The molecule has 1 aromatic carbocycles. The number of alkyl halides is 3. The Bertz CT molecular complexity index is 826. The van der Waals surface area contributed by atoms with E-state index in [9.17, 15) is 32.3 Å². The SMILES string of the molecule is O=c1[nH]c(=O)n(-c2ccc(Br)c(C(F)(F)F)c2)c(O)c1F. The minimum Gasteiger partial charge on any atom is -0.492 e. The number of hydrogen-bond donors (Lipinski definition) is 2. The van der Waals surface area contributed by atoms with Gasteiger partial charge in [0.05, 0.1) is 11.3 Å². The number of nitrogens with one attached hydrogen (secondary N) is 1. The maximum Gasteiger partial charge on any atom is 0.417 e. The topological polar surface area (TPSA) is 75.1 Å². The van der Waals surface area contributed by atoms with E-state index in [0.29, 0.717) is 6.07 Å². The molecule has 0 aliphatic rings. The molecule has 5 nitrogen and oxygen atoms in total. The molecule has 2 rings (SSSR count). The molecule has 0 saturated heterocycles. The summed E-state index contributed by atoms with van der Waals surface area (Å²) in [5.41, 5.74) is -4.32. The van der Waals surface area contributed by atoms with Gasteiger partial charge in [-0.25, -0.2) is 9.36 Å². The fourth-order valence-corrected chi connectivity index (χ4v) is 2.08. The van der Waals surface area contributed by atoms with Crippen molar-refractivity contribution in [2.24, 2.45) is 0 Å². The first-order valence-corrected chi connectivity index (χ1v) is 6.03. The van der Waals surface area contributed by atoms with E-state index in [1.54, 1.807) is 4.98 Å². The largest absolute Gasteiger partial charge is 0.492 e. The summed E-state index contributed by atoms with van der Waals surface area (Å²) < 4.78 is 51.5. The number of aromatic nitrogens is 2. The quantitative estimate of drug-likeness (QED) is 0.757. The van der Waals surface area contributed by atoms with Gasteiger partial charge in [0.1, 0.15) is 0 Å². The fraction of sp³-hybridized carbons (Fsp3) is 0.0909. The van der Waals surface area contributed by atoms with E-state index in [1.807, 2.05) is 0 Å². The summed E-state index contributed by atoms with van der Waals surface area (Å²) in [5.74, 6) is -3.05. The molecule has 1 heterocycles. The molecule has 2 aromatic rings. The number of aromatic hydroxyl groups is 1. The van der Waals surface area contributed by atoms with Crippen LogP contribution in [0.5, 0.6) is 5.88 Å². The zero-order chi connectivity index (χ0) is 15.9. The molecule has 10 heteroatoms. The highest BCUT2D eigenvalue weighted by atomic mass is 79.9. The number of nitrogens with zero attached hydrogens (tertiary/aromatic N) is 1. The van der Waals surface area contributed by atoms with Crippen LogP contribution in [0.15, 0.2) is 32.3 Å². The van der Waals surface area contributed by atoms with Crippen LogP contribution in [0.3, 0.4) is 0 Å². The number of benzene rings is 1. The van der Waals surface area contributed by atoms with Crippen molar-refractivity contribution in [2.75, 3.05) is 0 Å². The van der Waals surface area contributed by atoms with E-state index in [0.717, 1.165) is 12.1 Å². The summed E-state index contributed by atoms with van der Waals surface area (Å²) in [4.78, 5) is 24.0. The van der Waals surface area contributed by atoms with Gasteiger partial charge < -0.3 is 5.11 Å². The van der Waals surface area contributed by atoms with Gasteiger partial charge in [0.25, 0.3) is 5.56 Å². The first-order chi connectivity index (χ1) is 9.62. The van der Waals surface area contributed by atoms with Crippen molar-refractivity contribution in [2.45, 2.75) is 6.18 Å². The van der Waals surface area contributed by atoms with Crippen LogP contribution in [-0.2, 0) is 6.18 Å². The lowest BCUT2D eigenvalue weighted by molar-refractivity contribution is -0.138. The minimum absolute atomic E-state index is 0.221. The smallest absolute Gasteiger partial charge is 0.417 e. The lowest BCUT2D eigenvalue weighted by atomic mass is 10.2. The molecule has 2 N–H and O–H groups in total. The van der Waals surface area contributed by atoms with E-state index in [4.69, 9.17) is 0 Å². The molecule has 0 unspecified atom stereocenters. The second-order valence-electron chi connectivity index (χ2n) is 3.89. The van der Waals surface area contributed by atoms with Gasteiger partial charge in [0, 0.05) is 4.47 Å². The number of aromatic amines is 1. The number of hydrogen-bond acceptors (Lipinski definition) is 3. The van der Waals surface area contributed by atoms with Gasteiger partial charge in [-0.05, 0) is 18.2 Å². The first kappa shape index (κ1) is 15.3. The lowest BCUT2D eigenvalue weighted by Crippen LogP contribution is -2.31. The molecule has 0 aliphatic carbocycles. The molecule has 0 atom stereocenters. The molecule has 21 heavy (non-hydrogen) atoms. The maximum absolute atomic E-state index is 13.3. The molecule has 0 saturated carbocycles. The molecule has 0 fully saturated rings. The van der Waals surface area contributed by atoms with Crippen LogP contribution in [0, 0.1) is 5.82 Å². The van der Waals surface area contributed by atoms with Gasteiger partial charge in [-0.2, -0.15) is 17.6 Å².